The van der Waals surface area contributed by atoms with Gasteiger partial charge in [0.2, 0.25) is 35.4 Å². The lowest BCUT2D eigenvalue weighted by Gasteiger charge is -2.27. The van der Waals surface area contributed by atoms with Gasteiger partial charge in [0.25, 0.3) is 5.91 Å². The first-order chi connectivity index (χ1) is 32.8. The summed E-state index contributed by atoms with van der Waals surface area (Å²) in [6.45, 7) is 13.6. The lowest BCUT2D eigenvalue weighted by molar-refractivity contribution is -0.144. The van der Waals surface area contributed by atoms with Crippen LogP contribution in [0, 0.1) is 17.8 Å². The van der Waals surface area contributed by atoms with Crippen molar-refractivity contribution in [1.82, 2.24) is 36.8 Å². The van der Waals surface area contributed by atoms with Crippen molar-refractivity contribution in [2.75, 3.05) is 20.7 Å². The number of ether oxygens (including phenoxy) is 1. The van der Waals surface area contributed by atoms with Gasteiger partial charge in [0.1, 0.15) is 35.9 Å². The highest BCUT2D eigenvalue weighted by Gasteiger charge is 2.34. The van der Waals surface area contributed by atoms with E-state index in [0.717, 1.165) is 10.5 Å². The maximum absolute atomic E-state index is 14.3. The van der Waals surface area contributed by atoms with Crippen LogP contribution >= 0.6 is 0 Å². The molecule has 1 saturated heterocycles. The molecule has 386 valence electrons. The minimum atomic E-state index is -1.85. The molecule has 70 heavy (non-hydrogen) atoms. The summed E-state index contributed by atoms with van der Waals surface area (Å²) in [5, 5.41) is 35.2. The van der Waals surface area contributed by atoms with Gasteiger partial charge in [0, 0.05) is 33.0 Å². The van der Waals surface area contributed by atoms with Gasteiger partial charge in [-0.3, -0.25) is 38.6 Å². The number of nitrogens with zero attached hydrogens (tertiary/aromatic N) is 2. The van der Waals surface area contributed by atoms with Crippen LogP contribution in [0.25, 0.3) is 0 Å². The summed E-state index contributed by atoms with van der Waals surface area (Å²) in [5.74, 6) is -11.0. The lowest BCUT2D eigenvalue weighted by Crippen LogP contribution is -2.57. The molecule has 0 aromatic heterocycles. The second kappa shape index (κ2) is 29.0. The van der Waals surface area contributed by atoms with Crippen LogP contribution in [-0.4, -0.2) is 137 Å². The number of carbonyl (C=O) groups is 9. The first-order valence-electron chi connectivity index (χ1n) is 23.1. The predicted octanol–water partition coefficient (Wildman–Crippen LogP) is 0.372. The van der Waals surface area contributed by atoms with Crippen LogP contribution in [0.15, 0.2) is 71.4 Å². The number of amides is 7. The van der Waals surface area contributed by atoms with E-state index >= 15 is 0 Å². The van der Waals surface area contributed by atoms with E-state index < -0.39 is 120 Å². The number of likely N-dealkylation sites (N-methyl/N-ethyl adjacent to an activating group) is 1. The third kappa shape index (κ3) is 20.2. The molecule has 1 aromatic rings. The molecule has 1 fully saturated rings. The number of nitrogens with two attached hydrogens (primary N) is 2. The molecule has 12 N–H and O–H groups in total. The number of aliphatic carboxylic acids is 2. The van der Waals surface area contributed by atoms with Crippen molar-refractivity contribution in [3.8, 4) is 0 Å². The van der Waals surface area contributed by atoms with Crippen LogP contribution in [0.4, 0.5) is 0 Å². The largest absolute Gasteiger partial charge is 0.480 e. The molecule has 1 aromatic carbocycles. The average Bonchev–Trinajstić information content (AvgIpc) is 3.29. The molecule has 0 saturated carbocycles. The van der Waals surface area contributed by atoms with Crippen molar-refractivity contribution in [2.45, 2.75) is 129 Å². The van der Waals surface area contributed by atoms with Crippen LogP contribution in [-0.2, 0) is 54.3 Å². The predicted molar refractivity (Wildman–Crippen MR) is 260 cm³/mol. The maximum Gasteiger partial charge on any atom is 0.326 e. The van der Waals surface area contributed by atoms with Gasteiger partial charge in [0.05, 0.1) is 24.5 Å². The molecule has 7 amide bonds. The van der Waals surface area contributed by atoms with E-state index in [2.05, 4.69) is 43.5 Å². The molecule has 22 heteroatoms. The van der Waals surface area contributed by atoms with Gasteiger partial charge in [-0.05, 0) is 57.4 Å². The Hall–Kier alpha value is -7.10. The molecule has 2 rings (SSSR count). The van der Waals surface area contributed by atoms with Gasteiger partial charge in [-0.25, -0.2) is 9.59 Å². The summed E-state index contributed by atoms with van der Waals surface area (Å²) in [6, 6.07) is 1.07. The van der Waals surface area contributed by atoms with Crippen LogP contribution in [0.1, 0.15) is 85.6 Å². The maximum atomic E-state index is 14.3. The second-order valence-corrected chi connectivity index (χ2v) is 17.8. The number of methoxy groups -OCH3 is 1. The lowest BCUT2D eigenvalue weighted by atomic mass is 9.94. The van der Waals surface area contributed by atoms with Gasteiger partial charge >= 0.3 is 11.9 Å². The zero-order chi connectivity index (χ0) is 52.8. The second-order valence-electron chi connectivity index (χ2n) is 17.8. The molecule has 0 aliphatic carbocycles. The minimum Gasteiger partial charge on any atom is -0.480 e. The molecule has 0 radical (unpaired) electrons. The zero-order valence-corrected chi connectivity index (χ0v) is 41.3. The fourth-order valence-electron chi connectivity index (χ4n) is 7.26. The smallest absolute Gasteiger partial charge is 0.326 e. The van der Waals surface area contributed by atoms with Crippen LogP contribution in [0.3, 0.4) is 0 Å². The number of aliphatic imine (C=N–C) groups is 1. The van der Waals surface area contributed by atoms with Crippen LogP contribution in [0.2, 0.25) is 0 Å². The fraction of sp³-hybridized carbons (Fsp3) is 0.542. The molecule has 0 spiro atoms. The molecular weight excluding hydrogens is 909 g/mol. The van der Waals surface area contributed by atoms with Gasteiger partial charge in [-0.2, -0.15) is 0 Å². The number of nitrogens with one attached hydrogen (secondary N) is 6. The Labute approximate surface area is 408 Å². The Morgan fingerprint density at radius 1 is 0.871 bits per heavy atom. The summed E-state index contributed by atoms with van der Waals surface area (Å²) in [4.78, 5) is 125. The summed E-state index contributed by atoms with van der Waals surface area (Å²) in [6.07, 6.45) is 3.79. The van der Waals surface area contributed by atoms with Crippen molar-refractivity contribution >= 4 is 59.2 Å². The number of carbonyl (C=O) groups excluding carboxylic acids is 7. The number of rotatable bonds is 15. The molecule has 9 atom stereocenters. The van der Waals surface area contributed by atoms with Crippen LogP contribution in [0.5, 0.6) is 0 Å². The van der Waals surface area contributed by atoms with Crippen molar-refractivity contribution < 1.29 is 58.1 Å². The van der Waals surface area contributed by atoms with Gasteiger partial charge in [0.15, 0.2) is 5.96 Å². The van der Waals surface area contributed by atoms with E-state index in [-0.39, 0.29) is 49.7 Å². The summed E-state index contributed by atoms with van der Waals surface area (Å²) in [7, 11) is 2.82. The Bertz CT molecular complexity index is 2120. The van der Waals surface area contributed by atoms with E-state index in [0.29, 0.717) is 12.0 Å². The number of carboxylic acid groups (broad SMARTS) is 2. The van der Waals surface area contributed by atoms with Crippen molar-refractivity contribution in [1.29, 1.82) is 0 Å². The Morgan fingerprint density at radius 3 is 2.07 bits per heavy atom. The number of carboxylic acids is 2. The molecule has 1 aliphatic rings. The summed E-state index contributed by atoms with van der Waals surface area (Å²) < 4.78 is 5.81. The van der Waals surface area contributed by atoms with E-state index in [1.807, 2.05) is 43.3 Å². The fourth-order valence-corrected chi connectivity index (χ4v) is 7.26. The third-order valence-corrected chi connectivity index (χ3v) is 11.5. The monoisotopic (exact) mass is 981 g/mol. The molecular formula is C48H72N10O12. The summed E-state index contributed by atoms with van der Waals surface area (Å²) >= 11 is 0. The Morgan fingerprint density at radius 2 is 1.49 bits per heavy atom. The number of guanidine groups is 1. The van der Waals surface area contributed by atoms with Crippen molar-refractivity contribution in [2.24, 2.45) is 34.2 Å². The van der Waals surface area contributed by atoms with E-state index in [1.54, 1.807) is 34.0 Å². The first-order valence-corrected chi connectivity index (χ1v) is 23.1. The number of hydrogen-bond donors (Lipinski definition) is 10. The molecule has 0 bridgehead atoms. The highest BCUT2D eigenvalue weighted by atomic mass is 16.5. The van der Waals surface area contributed by atoms with Crippen LogP contribution < -0.4 is 43.4 Å². The summed E-state index contributed by atoms with van der Waals surface area (Å²) in [5.41, 5.74) is 12.3. The van der Waals surface area contributed by atoms with Gasteiger partial charge in [-0.1, -0.05) is 88.4 Å². The molecule has 0 unspecified atom stereocenters. The normalized spacial score (nSPS) is 24.4. The highest BCUT2D eigenvalue weighted by molar-refractivity contribution is 6.00. The molecule has 1 heterocycles. The zero-order valence-electron chi connectivity index (χ0n) is 41.3. The van der Waals surface area contributed by atoms with Crippen molar-refractivity contribution in [3.63, 3.8) is 0 Å². The first kappa shape index (κ1) is 59.0. The Kier molecular flexibility index (Phi) is 24.5. The third-order valence-electron chi connectivity index (χ3n) is 11.5. The quantitative estimate of drug-likeness (QED) is 0.0374. The van der Waals surface area contributed by atoms with Gasteiger partial charge in [-0.15, -0.1) is 0 Å². The molecule has 22 nitrogen and oxygen atoms in total. The minimum absolute atomic E-state index is 0.0117. The van der Waals surface area contributed by atoms with Gasteiger partial charge < -0.3 is 63.2 Å². The number of allylic oxidation sites excluding steroid dienone is 2. The standard InChI is InChI=1S/C48H72N10O12/c1-26(2)22-36-45(65)57-37(47(68)69)25-39(59)53-34(16-13-21-51-48(49)50)44(64)54-33(18-17-27(3)23-28(4)38(70-9)24-32-14-11-10-12-15-32)29(5)41(61)55-35(46(66)67)19-20-40(60)58(8)31(7)43(63)52-30(6)42(62)56-36/h10-12,14-15,17-18,23,26,28-30,33-38H,7,13,16,19-22,24-25H2,1-6,8-9H3,(H,52,63)(H,53,59)(H,54,64)(H,55,61)(H,56,62)(H,57,65)(H,66,67)(H,68,69)(H4,49,50,51)/t28-,29-,30+,33-,34-,35+,36-,37-,38-/m0/s1. The topological polar surface area (TPSA) is 343 Å². The van der Waals surface area contributed by atoms with E-state index in [4.69, 9.17) is 16.2 Å². The average molecular weight is 981 g/mol. The Balaban J connectivity index is 2.69. The van der Waals surface area contributed by atoms with Crippen molar-refractivity contribution in [3.05, 3.63) is 72.0 Å². The van der Waals surface area contributed by atoms with E-state index in [1.165, 1.54) is 27.0 Å². The SMILES string of the molecule is C=C1C(=O)N[C@H](C)C(=O)N[C@@H](CC(C)C)C(=O)N[C@H](C(=O)O)CC(=O)N[C@@H](CCCN=C(N)N)C(=O)N[C@@H](C=CC(C)=C[C@H](C)[C@H](Cc2ccccc2)OC)[C@H](C)C(=O)N[C@@H](C(=O)O)CCC(=O)N1C. The highest BCUT2D eigenvalue weighted by Crippen LogP contribution is 2.19. The van der Waals surface area contributed by atoms with E-state index in [9.17, 15) is 53.4 Å². The molecule has 1 aliphatic heterocycles. The number of hydrogen-bond acceptors (Lipinski definition) is 11. The number of benzene rings is 1.